The van der Waals surface area contributed by atoms with Crippen LogP contribution in [0.5, 0.6) is 0 Å². The highest BCUT2D eigenvalue weighted by Crippen LogP contribution is 2.32. The van der Waals surface area contributed by atoms with Crippen LogP contribution in [-0.4, -0.2) is 52.3 Å². The number of hydrogen-bond acceptors (Lipinski definition) is 5. The summed E-state index contributed by atoms with van der Waals surface area (Å²) in [6, 6.07) is 22.3. The Labute approximate surface area is 225 Å². The fraction of sp³-hybridized carbons (Fsp3) is 0.387. The number of carbonyl (C=O) groups is 1. The van der Waals surface area contributed by atoms with E-state index in [4.69, 9.17) is 0 Å². The molecule has 0 unspecified atom stereocenters. The quantitative estimate of drug-likeness (QED) is 0.277. The van der Waals surface area contributed by atoms with Gasteiger partial charge in [0.1, 0.15) is 0 Å². The Balaban J connectivity index is 1.27. The molecule has 4 rings (SSSR count). The number of benzene rings is 3. The van der Waals surface area contributed by atoms with Crippen molar-refractivity contribution in [1.82, 2.24) is 9.62 Å². The van der Waals surface area contributed by atoms with E-state index in [2.05, 4.69) is 49.5 Å². The van der Waals surface area contributed by atoms with E-state index >= 15 is 0 Å². The lowest BCUT2D eigenvalue weighted by molar-refractivity contribution is 0.0696. The minimum atomic E-state index is -0.913. The highest BCUT2D eigenvalue weighted by Gasteiger charge is 2.28. The van der Waals surface area contributed by atoms with Crippen molar-refractivity contribution in [2.75, 3.05) is 20.1 Å². The predicted molar refractivity (Wildman–Crippen MR) is 152 cm³/mol. The fourth-order valence-electron chi connectivity index (χ4n) is 5.33. The molecule has 5 nitrogen and oxygen atoms in total. The van der Waals surface area contributed by atoms with Crippen LogP contribution in [0.4, 0.5) is 0 Å². The molecule has 0 bridgehead atoms. The van der Waals surface area contributed by atoms with Crippen LogP contribution in [0.15, 0.2) is 71.6 Å². The lowest BCUT2D eigenvalue weighted by Gasteiger charge is -2.31. The van der Waals surface area contributed by atoms with E-state index in [1.54, 1.807) is 18.0 Å². The number of aromatic carboxylic acids is 1. The lowest BCUT2D eigenvalue weighted by Crippen LogP contribution is -2.46. The number of nitrogens with zero attached hydrogens (tertiary/aromatic N) is 1. The zero-order chi connectivity index (χ0) is 26.6. The third-order valence-electron chi connectivity index (χ3n) is 7.12. The SMILES string of the molecule is Cc1ccc(-c2cccc(SN(C)C[C@H](O)CNC(C)(C)CC3Cc4ccccc4C3)c2)cc1C(=O)O. The summed E-state index contributed by atoms with van der Waals surface area (Å²) in [5.74, 6) is -0.272. The molecule has 0 amide bonds. The van der Waals surface area contributed by atoms with Gasteiger partial charge in [0, 0.05) is 23.5 Å². The second kappa shape index (κ2) is 11.8. The Bertz CT molecular complexity index is 1220. The van der Waals surface area contributed by atoms with Crippen molar-refractivity contribution < 1.29 is 15.0 Å². The molecule has 1 aliphatic carbocycles. The van der Waals surface area contributed by atoms with Crippen LogP contribution in [0, 0.1) is 12.8 Å². The lowest BCUT2D eigenvalue weighted by atomic mass is 9.88. The number of aliphatic hydroxyl groups is 1. The van der Waals surface area contributed by atoms with Crippen LogP contribution >= 0.6 is 11.9 Å². The Kier molecular flexibility index (Phi) is 8.75. The molecule has 6 heteroatoms. The Morgan fingerprint density at radius 2 is 1.73 bits per heavy atom. The van der Waals surface area contributed by atoms with Gasteiger partial charge in [-0.05, 0) is 111 Å². The fourth-order valence-corrected chi connectivity index (χ4v) is 6.25. The van der Waals surface area contributed by atoms with Gasteiger partial charge in [0.05, 0.1) is 11.7 Å². The largest absolute Gasteiger partial charge is 0.478 e. The van der Waals surface area contributed by atoms with E-state index in [0.29, 0.717) is 24.6 Å². The Hall–Kier alpha value is -2.64. The summed E-state index contributed by atoms with van der Waals surface area (Å²) in [4.78, 5) is 12.6. The number of rotatable bonds is 11. The van der Waals surface area contributed by atoms with Crippen molar-refractivity contribution >= 4 is 17.9 Å². The van der Waals surface area contributed by atoms with Crippen LogP contribution in [0.25, 0.3) is 11.1 Å². The van der Waals surface area contributed by atoms with E-state index in [1.807, 2.05) is 48.6 Å². The van der Waals surface area contributed by atoms with Crippen molar-refractivity contribution in [3.05, 3.63) is 89.0 Å². The molecule has 3 N–H and O–H groups in total. The van der Waals surface area contributed by atoms with E-state index < -0.39 is 12.1 Å². The van der Waals surface area contributed by atoms with Crippen molar-refractivity contribution in [1.29, 1.82) is 0 Å². The first-order valence-electron chi connectivity index (χ1n) is 12.9. The number of β-amino-alcohol motifs (C(OH)–C–C–N with tert-alkyl or cyclic N) is 1. The number of fused-ring (bicyclic) bond motifs is 1. The van der Waals surface area contributed by atoms with Gasteiger partial charge in [-0.15, -0.1) is 0 Å². The maximum atomic E-state index is 11.5. The van der Waals surface area contributed by atoms with Gasteiger partial charge < -0.3 is 15.5 Å². The van der Waals surface area contributed by atoms with E-state index in [9.17, 15) is 15.0 Å². The van der Waals surface area contributed by atoms with Crippen LogP contribution in [0.2, 0.25) is 0 Å². The molecular weight excluding hydrogens is 480 g/mol. The summed E-state index contributed by atoms with van der Waals surface area (Å²) in [6.07, 6.45) is 2.87. The maximum absolute atomic E-state index is 11.5. The van der Waals surface area contributed by atoms with Gasteiger partial charge >= 0.3 is 5.97 Å². The number of likely N-dealkylation sites (N-methyl/N-ethyl adjacent to an activating group) is 1. The summed E-state index contributed by atoms with van der Waals surface area (Å²) >= 11 is 1.58. The molecule has 196 valence electrons. The van der Waals surface area contributed by atoms with Gasteiger partial charge in [0.25, 0.3) is 0 Å². The summed E-state index contributed by atoms with van der Waals surface area (Å²) in [6.45, 7) is 7.34. The first-order valence-corrected chi connectivity index (χ1v) is 13.7. The Morgan fingerprint density at radius 3 is 2.41 bits per heavy atom. The van der Waals surface area contributed by atoms with Crippen molar-refractivity contribution in [2.45, 2.75) is 56.6 Å². The average molecular weight is 519 g/mol. The number of aryl methyl sites for hydroxylation is 1. The highest BCUT2D eigenvalue weighted by molar-refractivity contribution is 7.97. The topological polar surface area (TPSA) is 72.8 Å². The number of carboxylic acids is 1. The van der Waals surface area contributed by atoms with E-state index in [1.165, 1.54) is 11.1 Å². The summed E-state index contributed by atoms with van der Waals surface area (Å²) < 4.78 is 2.05. The molecule has 3 aromatic rings. The van der Waals surface area contributed by atoms with Gasteiger partial charge in [-0.2, -0.15) is 0 Å². The molecule has 1 atom stereocenters. The number of nitrogens with one attached hydrogen (secondary N) is 1. The second-order valence-electron chi connectivity index (χ2n) is 10.9. The van der Waals surface area contributed by atoms with Crippen LogP contribution < -0.4 is 5.32 Å². The Morgan fingerprint density at radius 1 is 1.05 bits per heavy atom. The van der Waals surface area contributed by atoms with Crippen molar-refractivity contribution in [3.63, 3.8) is 0 Å². The first-order chi connectivity index (χ1) is 17.6. The highest BCUT2D eigenvalue weighted by atomic mass is 32.2. The number of hydrogen-bond donors (Lipinski definition) is 3. The van der Waals surface area contributed by atoms with E-state index in [0.717, 1.165) is 40.8 Å². The molecule has 0 saturated carbocycles. The maximum Gasteiger partial charge on any atom is 0.335 e. The molecule has 3 aromatic carbocycles. The van der Waals surface area contributed by atoms with Gasteiger partial charge in [0.15, 0.2) is 0 Å². The van der Waals surface area contributed by atoms with Crippen LogP contribution in [-0.2, 0) is 12.8 Å². The molecule has 1 aliphatic rings. The van der Waals surface area contributed by atoms with Crippen LogP contribution in [0.1, 0.15) is 47.3 Å². The minimum Gasteiger partial charge on any atom is -0.478 e. The molecule has 37 heavy (non-hydrogen) atoms. The van der Waals surface area contributed by atoms with Crippen molar-refractivity contribution in [3.8, 4) is 11.1 Å². The molecule has 0 radical (unpaired) electrons. The molecule has 0 heterocycles. The van der Waals surface area contributed by atoms with Gasteiger partial charge in [-0.3, -0.25) is 0 Å². The predicted octanol–water partition coefficient (Wildman–Crippen LogP) is 5.83. The standard InChI is InChI=1S/C31H38N2O3S/c1-21-12-13-26(17-29(21)30(35)36)25-10-7-11-28(16-25)37-33(4)20-27(34)19-32-31(2,3)18-22-14-23-8-5-6-9-24(23)15-22/h5-13,16-17,22,27,32,34H,14-15,18-20H2,1-4H3,(H,35,36)/t27-/m1/s1. The number of carboxylic acid groups (broad SMARTS) is 1. The molecule has 0 aromatic heterocycles. The summed E-state index contributed by atoms with van der Waals surface area (Å²) in [5, 5.41) is 23.8. The minimum absolute atomic E-state index is 0.0451. The second-order valence-corrected chi connectivity index (χ2v) is 12.2. The summed E-state index contributed by atoms with van der Waals surface area (Å²) in [5.41, 5.74) is 5.84. The zero-order valence-electron chi connectivity index (χ0n) is 22.2. The third kappa shape index (κ3) is 7.45. The zero-order valence-corrected chi connectivity index (χ0v) is 23.0. The molecule has 0 aliphatic heterocycles. The third-order valence-corrected chi connectivity index (χ3v) is 8.04. The normalized spacial score (nSPS) is 14.6. The molecular formula is C31H38N2O3S. The molecule has 0 saturated heterocycles. The average Bonchev–Trinajstić information content (AvgIpc) is 3.24. The van der Waals surface area contributed by atoms with Gasteiger partial charge in [0.2, 0.25) is 0 Å². The van der Waals surface area contributed by atoms with Crippen molar-refractivity contribution in [2.24, 2.45) is 5.92 Å². The molecule has 0 spiro atoms. The van der Waals surface area contributed by atoms with E-state index in [-0.39, 0.29) is 5.54 Å². The summed E-state index contributed by atoms with van der Waals surface area (Å²) in [7, 11) is 1.98. The smallest absolute Gasteiger partial charge is 0.335 e. The number of aliphatic hydroxyl groups excluding tert-OH is 1. The van der Waals surface area contributed by atoms with Gasteiger partial charge in [-0.1, -0.05) is 48.5 Å². The first kappa shape index (κ1) is 27.4. The monoisotopic (exact) mass is 518 g/mol. The van der Waals surface area contributed by atoms with Crippen LogP contribution in [0.3, 0.4) is 0 Å². The molecule has 0 fully saturated rings. The van der Waals surface area contributed by atoms with Gasteiger partial charge in [-0.25, -0.2) is 9.10 Å².